The monoisotopic (exact) mass is 534 g/mol. The van der Waals surface area contributed by atoms with Crippen LogP contribution in [0.1, 0.15) is 20.7 Å². The Bertz CT molecular complexity index is 1680. The van der Waals surface area contributed by atoms with E-state index in [9.17, 15) is 9.59 Å². The number of amides is 1. The first-order valence-corrected chi connectivity index (χ1v) is 12.3. The maximum atomic E-state index is 13.6. The van der Waals surface area contributed by atoms with E-state index in [2.05, 4.69) is 5.32 Å². The number of nitrogens with two attached hydrogens (primary N) is 1. The van der Waals surface area contributed by atoms with Gasteiger partial charge in [-0.25, -0.2) is 9.48 Å². The summed E-state index contributed by atoms with van der Waals surface area (Å²) >= 11 is 0. The highest BCUT2D eigenvalue weighted by Gasteiger charge is 2.20. The van der Waals surface area contributed by atoms with Gasteiger partial charge in [-0.15, -0.1) is 0 Å². The number of anilines is 2. The fourth-order valence-electron chi connectivity index (χ4n) is 4.13. The number of para-hydroxylation sites is 1. The van der Waals surface area contributed by atoms with Gasteiger partial charge in [0.1, 0.15) is 22.9 Å². The van der Waals surface area contributed by atoms with Crippen molar-refractivity contribution in [2.45, 2.75) is 0 Å². The van der Waals surface area contributed by atoms with Crippen molar-refractivity contribution in [1.29, 1.82) is 0 Å². The molecule has 1 amide bonds. The third-order valence-electron chi connectivity index (χ3n) is 6.00. The van der Waals surface area contributed by atoms with Crippen LogP contribution in [-0.2, 0) is 4.74 Å². The predicted octanol–water partition coefficient (Wildman–Crippen LogP) is 5.96. The van der Waals surface area contributed by atoms with Crippen molar-refractivity contribution in [3.05, 3.63) is 114 Å². The smallest absolute Gasteiger partial charge is 0.337 e. The highest BCUT2D eigenvalue weighted by atomic mass is 16.5. The number of ether oxygens (including phenoxy) is 3. The zero-order valence-electron chi connectivity index (χ0n) is 21.8. The molecule has 0 unspecified atom stereocenters. The first kappa shape index (κ1) is 26.1. The third kappa shape index (κ3) is 5.78. The summed E-state index contributed by atoms with van der Waals surface area (Å²) in [7, 11) is 2.90. The maximum Gasteiger partial charge on any atom is 0.337 e. The van der Waals surface area contributed by atoms with Crippen LogP contribution < -0.4 is 20.5 Å². The number of hydrogen-bond acceptors (Lipinski definition) is 7. The van der Waals surface area contributed by atoms with Gasteiger partial charge in [-0.05, 0) is 48.5 Å². The maximum absolute atomic E-state index is 13.6. The van der Waals surface area contributed by atoms with E-state index >= 15 is 0 Å². The number of esters is 1. The minimum absolute atomic E-state index is 0.345. The fraction of sp³-hybridized carbons (Fsp3) is 0.0645. The molecule has 200 valence electrons. The molecular weight excluding hydrogens is 508 g/mol. The number of nitrogens with zero attached hydrogens (tertiary/aromatic N) is 2. The number of hydrogen-bond donors (Lipinski definition) is 2. The molecule has 0 aliphatic carbocycles. The number of nitrogen functional groups attached to an aromatic ring is 1. The zero-order chi connectivity index (χ0) is 28.1. The molecule has 1 aromatic heterocycles. The lowest BCUT2D eigenvalue weighted by Crippen LogP contribution is -2.12. The number of nitrogens with one attached hydrogen (secondary N) is 1. The van der Waals surface area contributed by atoms with E-state index in [-0.39, 0.29) is 5.91 Å². The van der Waals surface area contributed by atoms with Gasteiger partial charge in [-0.2, -0.15) is 5.10 Å². The van der Waals surface area contributed by atoms with Gasteiger partial charge in [-0.3, -0.25) is 4.79 Å². The van der Waals surface area contributed by atoms with E-state index in [4.69, 9.17) is 25.0 Å². The Morgan fingerprint density at radius 2 is 1.60 bits per heavy atom. The van der Waals surface area contributed by atoms with Gasteiger partial charge < -0.3 is 25.3 Å². The summed E-state index contributed by atoms with van der Waals surface area (Å²) < 4.78 is 17.7. The van der Waals surface area contributed by atoms with Crippen molar-refractivity contribution in [3.63, 3.8) is 0 Å². The van der Waals surface area contributed by atoms with Crippen molar-refractivity contribution >= 4 is 23.3 Å². The second-order valence-electron chi connectivity index (χ2n) is 8.77. The van der Waals surface area contributed by atoms with E-state index in [1.165, 1.54) is 7.11 Å². The molecular formula is C31H26N4O5. The molecule has 0 atom stereocenters. The van der Waals surface area contributed by atoms with Gasteiger partial charge in [0, 0.05) is 35.3 Å². The van der Waals surface area contributed by atoms with Gasteiger partial charge in [-0.1, -0.05) is 36.4 Å². The summed E-state index contributed by atoms with van der Waals surface area (Å²) in [5, 5.41) is 7.63. The normalized spacial score (nSPS) is 10.6. The summed E-state index contributed by atoms with van der Waals surface area (Å²) in [5.41, 5.74) is 9.64. The summed E-state index contributed by atoms with van der Waals surface area (Å²) in [6.07, 6.45) is 1.68. The molecule has 0 saturated heterocycles. The molecule has 3 N–H and O–H groups in total. The quantitative estimate of drug-likeness (QED) is 0.186. The van der Waals surface area contributed by atoms with Crippen molar-refractivity contribution in [2.75, 3.05) is 25.3 Å². The van der Waals surface area contributed by atoms with E-state index in [1.54, 1.807) is 60.5 Å². The fourth-order valence-corrected chi connectivity index (χ4v) is 4.13. The number of carbonyl (C=O) groups is 2. The average Bonchev–Trinajstić information content (AvgIpc) is 3.43. The second-order valence-corrected chi connectivity index (χ2v) is 8.77. The molecule has 40 heavy (non-hydrogen) atoms. The van der Waals surface area contributed by atoms with Crippen molar-refractivity contribution in [2.24, 2.45) is 0 Å². The van der Waals surface area contributed by atoms with Crippen LogP contribution in [0.2, 0.25) is 0 Å². The lowest BCUT2D eigenvalue weighted by Gasteiger charge is -2.11. The Labute approximate surface area is 230 Å². The number of carbonyl (C=O) groups excluding carboxylic acids is 2. The molecule has 0 aliphatic heterocycles. The molecule has 5 rings (SSSR count). The Balaban J connectivity index is 1.46. The van der Waals surface area contributed by atoms with Crippen molar-refractivity contribution in [1.82, 2.24) is 9.78 Å². The molecule has 9 nitrogen and oxygen atoms in total. The predicted molar refractivity (Wildman–Crippen MR) is 152 cm³/mol. The Morgan fingerprint density at radius 3 is 2.38 bits per heavy atom. The van der Waals surface area contributed by atoms with Crippen LogP contribution in [0.25, 0.3) is 16.9 Å². The summed E-state index contributed by atoms with van der Waals surface area (Å²) in [6, 6.07) is 28.3. The largest absolute Gasteiger partial charge is 0.497 e. The van der Waals surface area contributed by atoms with Gasteiger partial charge in [0.15, 0.2) is 0 Å². The molecule has 9 heteroatoms. The Hall–Kier alpha value is -5.57. The van der Waals surface area contributed by atoms with Crippen molar-refractivity contribution in [3.8, 4) is 34.2 Å². The minimum atomic E-state index is -0.478. The molecule has 0 bridgehead atoms. The highest BCUT2D eigenvalue weighted by molar-refractivity contribution is 6.08. The van der Waals surface area contributed by atoms with Crippen LogP contribution in [0.5, 0.6) is 17.2 Å². The molecule has 4 aromatic carbocycles. The SMILES string of the molecule is COC(=O)c1cccc(Oc2cc(N)cc(NC(=O)c3cn(-c4ccccc4)nc3-c3cccc(OC)c3)c2)c1. The molecule has 1 heterocycles. The minimum Gasteiger partial charge on any atom is -0.497 e. The van der Waals surface area contributed by atoms with Gasteiger partial charge in [0.05, 0.1) is 31.0 Å². The molecule has 5 aromatic rings. The molecule has 0 saturated carbocycles. The van der Waals surface area contributed by atoms with Gasteiger partial charge >= 0.3 is 5.97 Å². The highest BCUT2D eigenvalue weighted by Crippen LogP contribution is 2.30. The van der Waals surface area contributed by atoms with Gasteiger partial charge in [0.2, 0.25) is 0 Å². The summed E-state index contributed by atoms with van der Waals surface area (Å²) in [6.45, 7) is 0. The molecule has 0 radical (unpaired) electrons. The lowest BCUT2D eigenvalue weighted by atomic mass is 10.1. The first-order valence-electron chi connectivity index (χ1n) is 12.3. The molecule has 0 fully saturated rings. The van der Waals surface area contributed by atoms with Crippen molar-refractivity contribution < 1.29 is 23.8 Å². The Kier molecular flexibility index (Phi) is 7.45. The Morgan fingerprint density at radius 1 is 0.825 bits per heavy atom. The van der Waals surface area contributed by atoms with Crippen LogP contribution >= 0.6 is 0 Å². The second kappa shape index (κ2) is 11.4. The molecule has 0 spiro atoms. The van der Waals surface area contributed by atoms with E-state index in [1.807, 2.05) is 54.6 Å². The summed E-state index contributed by atoms with van der Waals surface area (Å²) in [4.78, 5) is 25.5. The standard InChI is InChI=1S/C31H26N4O5/c1-38-25-12-6-8-20(14-25)29-28(19-35(34-29)24-10-4-3-5-11-24)30(36)33-23-16-22(32)17-27(18-23)40-26-13-7-9-21(15-26)31(37)39-2/h3-19H,32H2,1-2H3,(H,33,36). The van der Waals surface area contributed by atoms with Crippen LogP contribution in [0.3, 0.4) is 0 Å². The van der Waals surface area contributed by atoms with Crippen LogP contribution in [-0.4, -0.2) is 35.9 Å². The summed E-state index contributed by atoms with van der Waals surface area (Å²) in [5.74, 6) is 0.575. The van der Waals surface area contributed by atoms with E-state index in [0.29, 0.717) is 45.4 Å². The topological polar surface area (TPSA) is 118 Å². The van der Waals surface area contributed by atoms with Crippen LogP contribution in [0.4, 0.5) is 11.4 Å². The first-order chi connectivity index (χ1) is 19.4. The van der Waals surface area contributed by atoms with Gasteiger partial charge in [0.25, 0.3) is 5.91 Å². The van der Waals surface area contributed by atoms with E-state index < -0.39 is 5.97 Å². The number of aromatic nitrogens is 2. The number of rotatable bonds is 8. The average molecular weight is 535 g/mol. The van der Waals surface area contributed by atoms with Crippen LogP contribution in [0, 0.1) is 0 Å². The zero-order valence-corrected chi connectivity index (χ0v) is 21.8. The lowest BCUT2D eigenvalue weighted by molar-refractivity contribution is 0.0600. The van der Waals surface area contributed by atoms with E-state index in [0.717, 1.165) is 11.3 Å². The number of benzene rings is 4. The molecule has 0 aliphatic rings. The third-order valence-corrected chi connectivity index (χ3v) is 6.00. The number of methoxy groups -OCH3 is 2. The van der Waals surface area contributed by atoms with Crippen LogP contribution in [0.15, 0.2) is 103 Å².